The molecule has 0 saturated heterocycles. The molecule has 218 valence electrons. The third-order valence-electron chi connectivity index (χ3n) is 6.94. The van der Waals surface area contributed by atoms with Gasteiger partial charge in [-0.15, -0.1) is 0 Å². The van der Waals surface area contributed by atoms with E-state index in [0.29, 0.717) is 5.56 Å². The maximum Gasteiger partial charge on any atom is 0.407 e. The fourth-order valence-electron chi connectivity index (χ4n) is 5.03. The van der Waals surface area contributed by atoms with Gasteiger partial charge in [0, 0.05) is 43.4 Å². The summed E-state index contributed by atoms with van der Waals surface area (Å²) in [5.41, 5.74) is 0.187. The molecule has 1 fully saturated rings. The Bertz CT molecular complexity index is 1460. The molecule has 1 saturated carbocycles. The first kappa shape index (κ1) is 29.8. The number of aliphatic hydroxyl groups is 2. The van der Waals surface area contributed by atoms with Crippen molar-refractivity contribution in [3.63, 3.8) is 0 Å². The third kappa shape index (κ3) is 7.71. The second-order valence-electron chi connectivity index (χ2n) is 11.3. The summed E-state index contributed by atoms with van der Waals surface area (Å²) in [6.45, 7) is 5.97. The number of benzene rings is 2. The maximum atomic E-state index is 13.7. The van der Waals surface area contributed by atoms with Gasteiger partial charge in [0.1, 0.15) is 5.60 Å². The van der Waals surface area contributed by atoms with Crippen molar-refractivity contribution in [1.29, 1.82) is 0 Å². The summed E-state index contributed by atoms with van der Waals surface area (Å²) >= 11 is 0. The van der Waals surface area contributed by atoms with Gasteiger partial charge in [0.05, 0.1) is 18.2 Å². The molecule has 1 aliphatic carbocycles. The van der Waals surface area contributed by atoms with Crippen LogP contribution in [0.2, 0.25) is 0 Å². The van der Waals surface area contributed by atoms with E-state index < -0.39 is 47.1 Å². The van der Waals surface area contributed by atoms with E-state index in [4.69, 9.17) is 4.74 Å². The Balaban J connectivity index is 1.50. The van der Waals surface area contributed by atoms with E-state index in [1.807, 2.05) is 30.3 Å². The first-order valence-corrected chi connectivity index (χ1v) is 13.5. The molecular formula is C30H36N4O7. The summed E-state index contributed by atoms with van der Waals surface area (Å²) in [7, 11) is 0. The highest BCUT2D eigenvalue weighted by Gasteiger charge is 2.44. The minimum Gasteiger partial charge on any atom is -0.444 e. The summed E-state index contributed by atoms with van der Waals surface area (Å²) in [6, 6.07) is 16.5. The molecule has 0 radical (unpaired) electrons. The Labute approximate surface area is 237 Å². The van der Waals surface area contributed by atoms with Crippen LogP contribution in [0.25, 0.3) is 0 Å². The van der Waals surface area contributed by atoms with E-state index in [2.05, 4.69) is 10.3 Å². The second kappa shape index (κ2) is 12.5. The molecule has 11 heteroatoms. The first-order valence-electron chi connectivity index (χ1n) is 13.5. The van der Waals surface area contributed by atoms with Gasteiger partial charge < -0.3 is 25.2 Å². The SMILES string of the molecule is CC(C)(C)OC(=O)NCc1ccc(C(=O)N(Cc2ccccc2)C[C@@H]2C[C@H](O)[C@@H](n3ccc(=O)[nH]c3=O)[C@@H]2O)cc1. The molecule has 0 bridgehead atoms. The van der Waals surface area contributed by atoms with E-state index in [1.165, 1.54) is 6.20 Å². The predicted molar refractivity (Wildman–Crippen MR) is 151 cm³/mol. The standard InChI is InChI=1S/C30H36N4O7/c1-30(2,3)41-29(40)31-16-19-9-11-21(12-10-19)27(38)33(17-20-7-5-4-6-8-20)18-22-15-23(35)25(26(22)37)34-14-13-24(36)32-28(34)39/h4-14,22-23,25-26,35,37H,15-18H2,1-3H3,(H,31,40)(H,32,36,39)/t22-,23-,25+,26+/m0/s1. The quantitative estimate of drug-likeness (QED) is 0.327. The van der Waals surface area contributed by atoms with Crippen molar-refractivity contribution in [2.24, 2.45) is 5.92 Å². The number of hydrogen-bond acceptors (Lipinski definition) is 7. The second-order valence-corrected chi connectivity index (χ2v) is 11.3. The van der Waals surface area contributed by atoms with E-state index in [9.17, 15) is 29.4 Å². The van der Waals surface area contributed by atoms with Crippen molar-refractivity contribution in [3.8, 4) is 0 Å². The number of nitrogens with zero attached hydrogens (tertiary/aromatic N) is 2. The number of aliphatic hydroxyl groups excluding tert-OH is 2. The predicted octanol–water partition coefficient (Wildman–Crippen LogP) is 2.19. The van der Waals surface area contributed by atoms with Crippen molar-refractivity contribution >= 4 is 12.0 Å². The van der Waals surface area contributed by atoms with Crippen molar-refractivity contribution < 1.29 is 24.5 Å². The normalized spacial score (nSPS) is 20.4. The highest BCUT2D eigenvalue weighted by molar-refractivity contribution is 5.94. The van der Waals surface area contributed by atoms with Crippen LogP contribution in [-0.2, 0) is 17.8 Å². The Morgan fingerprint density at radius 2 is 1.71 bits per heavy atom. The van der Waals surface area contributed by atoms with E-state index in [0.717, 1.165) is 21.8 Å². The van der Waals surface area contributed by atoms with Gasteiger partial charge in [-0.25, -0.2) is 9.59 Å². The van der Waals surface area contributed by atoms with Gasteiger partial charge >= 0.3 is 11.8 Å². The number of hydrogen-bond donors (Lipinski definition) is 4. The van der Waals surface area contributed by atoms with Crippen LogP contribution in [0, 0.1) is 5.92 Å². The van der Waals surface area contributed by atoms with Gasteiger partial charge in [-0.2, -0.15) is 0 Å². The lowest BCUT2D eigenvalue weighted by Gasteiger charge is -2.28. The zero-order valence-corrected chi connectivity index (χ0v) is 23.3. The minimum atomic E-state index is -1.14. The molecular weight excluding hydrogens is 528 g/mol. The van der Waals surface area contributed by atoms with Crippen LogP contribution in [0.1, 0.15) is 54.7 Å². The molecule has 4 N–H and O–H groups in total. The molecule has 11 nitrogen and oxygen atoms in total. The Morgan fingerprint density at radius 1 is 1.02 bits per heavy atom. The number of nitrogens with one attached hydrogen (secondary N) is 2. The van der Waals surface area contributed by atoms with Gasteiger partial charge in [-0.1, -0.05) is 42.5 Å². The summed E-state index contributed by atoms with van der Waals surface area (Å²) in [4.78, 5) is 53.3. The molecule has 3 aromatic rings. The topological polar surface area (TPSA) is 154 Å². The lowest BCUT2D eigenvalue weighted by atomic mass is 10.0. The number of H-pyrrole nitrogens is 1. The number of rotatable bonds is 8. The summed E-state index contributed by atoms with van der Waals surface area (Å²) in [6.07, 6.45) is -1.31. The average Bonchev–Trinajstić information content (AvgIpc) is 3.19. The molecule has 4 atom stereocenters. The van der Waals surface area contributed by atoms with E-state index in [-0.39, 0.29) is 32.0 Å². The third-order valence-corrected chi connectivity index (χ3v) is 6.94. The Morgan fingerprint density at radius 3 is 2.34 bits per heavy atom. The lowest BCUT2D eigenvalue weighted by Crippen LogP contribution is -2.41. The highest BCUT2D eigenvalue weighted by atomic mass is 16.6. The molecule has 41 heavy (non-hydrogen) atoms. The molecule has 0 spiro atoms. The van der Waals surface area contributed by atoms with E-state index in [1.54, 1.807) is 49.9 Å². The number of ether oxygens (including phenoxy) is 1. The van der Waals surface area contributed by atoms with Crippen molar-refractivity contribution in [2.75, 3.05) is 6.54 Å². The fourth-order valence-corrected chi connectivity index (χ4v) is 5.03. The van der Waals surface area contributed by atoms with Crippen molar-refractivity contribution in [3.05, 3.63) is 104 Å². The number of carbonyl (C=O) groups is 2. The fraction of sp³-hybridized carbons (Fsp3) is 0.400. The minimum absolute atomic E-state index is 0.127. The monoisotopic (exact) mass is 564 g/mol. The maximum absolute atomic E-state index is 13.7. The van der Waals surface area contributed by atoms with Crippen LogP contribution < -0.4 is 16.6 Å². The Kier molecular flexibility index (Phi) is 9.09. The van der Waals surface area contributed by atoms with E-state index >= 15 is 0 Å². The molecule has 4 rings (SSSR count). The van der Waals surface area contributed by atoms with Crippen LogP contribution in [0.5, 0.6) is 0 Å². The molecule has 1 aliphatic rings. The van der Waals surface area contributed by atoms with Crippen LogP contribution in [0.15, 0.2) is 76.4 Å². The number of carbonyl (C=O) groups excluding carboxylic acids is 2. The Hall–Kier alpha value is -4.22. The van der Waals surface area contributed by atoms with Gasteiger partial charge in [-0.3, -0.25) is 19.1 Å². The number of aromatic amines is 1. The molecule has 1 aromatic heterocycles. The average molecular weight is 565 g/mol. The summed E-state index contributed by atoms with van der Waals surface area (Å²) < 4.78 is 6.38. The number of aromatic nitrogens is 2. The molecule has 0 aliphatic heterocycles. The summed E-state index contributed by atoms with van der Waals surface area (Å²) in [5.74, 6) is -0.800. The number of alkyl carbamates (subject to hydrolysis) is 1. The lowest BCUT2D eigenvalue weighted by molar-refractivity contribution is 0.0448. The van der Waals surface area contributed by atoms with Crippen LogP contribution in [-0.4, -0.2) is 61.0 Å². The largest absolute Gasteiger partial charge is 0.444 e. The van der Waals surface area contributed by atoms with Crippen LogP contribution >= 0.6 is 0 Å². The van der Waals surface area contributed by atoms with Crippen molar-refractivity contribution in [1.82, 2.24) is 19.8 Å². The van der Waals surface area contributed by atoms with Gasteiger partial charge in [0.15, 0.2) is 0 Å². The molecule has 2 amide bonds. The molecule has 1 heterocycles. The summed E-state index contributed by atoms with van der Waals surface area (Å²) in [5, 5.41) is 24.6. The first-order chi connectivity index (χ1) is 19.4. The van der Waals surface area contributed by atoms with Crippen LogP contribution in [0.3, 0.4) is 0 Å². The van der Waals surface area contributed by atoms with Gasteiger partial charge in [0.2, 0.25) is 0 Å². The molecule has 2 aromatic carbocycles. The zero-order chi connectivity index (χ0) is 29.7. The number of amides is 2. The van der Waals surface area contributed by atoms with Gasteiger partial charge in [0.25, 0.3) is 11.5 Å². The highest BCUT2D eigenvalue weighted by Crippen LogP contribution is 2.35. The smallest absolute Gasteiger partial charge is 0.407 e. The van der Waals surface area contributed by atoms with Gasteiger partial charge in [-0.05, 0) is 50.5 Å². The van der Waals surface area contributed by atoms with Crippen molar-refractivity contribution in [2.45, 2.75) is 64.1 Å². The zero-order valence-electron chi connectivity index (χ0n) is 23.3. The molecule has 0 unspecified atom stereocenters. The van der Waals surface area contributed by atoms with Crippen LogP contribution in [0.4, 0.5) is 4.79 Å².